The maximum absolute atomic E-state index is 14.0. The topological polar surface area (TPSA) is 96.0 Å². The number of nitrogens with one attached hydrogen (secondary N) is 3. The first-order valence-electron chi connectivity index (χ1n) is 15.4. The van der Waals surface area contributed by atoms with Crippen LogP contribution in [0.3, 0.4) is 0 Å². The third kappa shape index (κ3) is 9.50. The van der Waals surface area contributed by atoms with Gasteiger partial charge >= 0.3 is 0 Å². The van der Waals surface area contributed by atoms with Crippen molar-refractivity contribution in [3.8, 4) is 0 Å². The summed E-state index contributed by atoms with van der Waals surface area (Å²) >= 11 is 0. The lowest BCUT2D eigenvalue weighted by Gasteiger charge is -2.23. The third-order valence-electron chi connectivity index (χ3n) is 7.66. The molecule has 0 bridgehead atoms. The predicted octanol–water partition coefficient (Wildman–Crippen LogP) is 6.04. The molecule has 0 saturated heterocycles. The highest BCUT2D eigenvalue weighted by molar-refractivity contribution is 6.10. The molecule has 0 fully saturated rings. The Morgan fingerprint density at radius 2 is 1.16 bits per heavy atom. The average Bonchev–Trinajstić information content (AvgIpc) is 3.10. The molecule has 0 spiro atoms. The van der Waals surface area contributed by atoms with E-state index in [0.29, 0.717) is 44.6 Å². The first-order chi connectivity index (χ1) is 22.2. The molecule has 2 heterocycles. The number of benzene rings is 3. The Hall–Kier alpha value is -4.98. The largest absolute Gasteiger partial charge is 0.345 e. The van der Waals surface area contributed by atoms with Crippen LogP contribution in [0.5, 0.6) is 0 Å². The Balaban J connectivity index is 1.27. The Morgan fingerprint density at radius 3 is 1.71 bits per heavy atom. The number of hydrogen-bond donors (Lipinski definition) is 3. The van der Waals surface area contributed by atoms with Crippen LogP contribution in [-0.4, -0.2) is 28.2 Å². The Bertz CT molecular complexity index is 1560. The summed E-state index contributed by atoms with van der Waals surface area (Å²) < 4.78 is 0. The van der Waals surface area contributed by atoms with Gasteiger partial charge in [-0.25, -0.2) is 0 Å². The van der Waals surface area contributed by atoms with Crippen LogP contribution in [0.2, 0.25) is 0 Å². The molecule has 5 rings (SSSR count). The van der Waals surface area contributed by atoms with Crippen molar-refractivity contribution in [3.63, 3.8) is 0 Å². The van der Waals surface area contributed by atoms with Crippen molar-refractivity contribution in [1.29, 1.82) is 0 Å². The molecule has 1 amide bonds. The summed E-state index contributed by atoms with van der Waals surface area (Å²) in [5.74, 6) is -1.28. The molecule has 0 radical (unpaired) electrons. The zero-order valence-electron chi connectivity index (χ0n) is 25.3. The van der Waals surface area contributed by atoms with Crippen LogP contribution >= 0.6 is 0 Å². The van der Waals surface area contributed by atoms with Gasteiger partial charge in [-0.2, -0.15) is 0 Å². The van der Waals surface area contributed by atoms with Gasteiger partial charge in [-0.3, -0.25) is 19.6 Å². The van der Waals surface area contributed by atoms with Crippen molar-refractivity contribution < 1.29 is 9.59 Å². The highest BCUT2D eigenvalue weighted by Crippen LogP contribution is 2.24. The average molecular weight is 598 g/mol. The van der Waals surface area contributed by atoms with E-state index in [-0.39, 0.29) is 17.7 Å². The molecule has 0 aliphatic rings. The maximum atomic E-state index is 14.0. The van der Waals surface area contributed by atoms with Crippen LogP contribution in [0.4, 0.5) is 0 Å². The second kappa shape index (κ2) is 16.8. The lowest BCUT2D eigenvalue weighted by molar-refractivity contribution is -0.124. The summed E-state index contributed by atoms with van der Waals surface area (Å²) in [5, 5.41) is 9.99. The quantitative estimate of drug-likeness (QED) is 0.0729. The summed E-state index contributed by atoms with van der Waals surface area (Å²) in [7, 11) is 0. The van der Waals surface area contributed by atoms with Gasteiger partial charge in [0.15, 0.2) is 5.78 Å². The van der Waals surface area contributed by atoms with Gasteiger partial charge in [-0.05, 0) is 60.3 Å². The molecule has 45 heavy (non-hydrogen) atoms. The second-order valence-corrected chi connectivity index (χ2v) is 10.9. The first kappa shape index (κ1) is 31.4. The summed E-state index contributed by atoms with van der Waals surface area (Å²) in [6, 6.07) is 38.6. The van der Waals surface area contributed by atoms with Crippen molar-refractivity contribution in [3.05, 3.63) is 167 Å². The molecule has 0 aliphatic carbocycles. The van der Waals surface area contributed by atoms with Crippen LogP contribution in [0.1, 0.15) is 57.3 Å². The van der Waals surface area contributed by atoms with Crippen LogP contribution in [-0.2, 0) is 24.4 Å². The van der Waals surface area contributed by atoms with Crippen LogP contribution in [0, 0.1) is 5.92 Å². The van der Waals surface area contributed by atoms with Gasteiger partial charge in [-0.15, -0.1) is 0 Å². The van der Waals surface area contributed by atoms with E-state index in [2.05, 4.69) is 25.9 Å². The van der Waals surface area contributed by atoms with Crippen LogP contribution in [0.25, 0.3) is 0 Å². The fourth-order valence-corrected chi connectivity index (χ4v) is 5.25. The van der Waals surface area contributed by atoms with Gasteiger partial charge in [0.05, 0.1) is 17.4 Å². The number of ketones is 1. The number of nitrogens with zero attached hydrogens (tertiary/aromatic N) is 2. The number of amides is 1. The standard InChI is InChI=1S/C38H39N5O2/c44-37(32-21-19-29(20-22-32)26-40-28-34-17-8-10-25-42-34)35(18-11-23-39-27-33-16-7-9-24-41-33)38(45)43-36(30-12-3-1-4-13-30)31-14-5-2-6-15-31/h1-10,12-17,19-22,24-25,35-36,39-40H,11,18,23,26-28H2,(H,43,45)/t35-/m0/s1. The van der Waals surface area contributed by atoms with Crippen molar-refractivity contribution in [1.82, 2.24) is 25.9 Å². The number of hydrogen-bond acceptors (Lipinski definition) is 6. The lowest BCUT2D eigenvalue weighted by atomic mass is 9.90. The molecular weight excluding hydrogens is 558 g/mol. The fraction of sp³-hybridized carbons (Fsp3) is 0.211. The number of rotatable bonds is 16. The zero-order chi connectivity index (χ0) is 31.1. The van der Waals surface area contributed by atoms with Crippen molar-refractivity contribution in [2.75, 3.05) is 6.54 Å². The molecule has 228 valence electrons. The number of aromatic nitrogens is 2. The van der Waals surface area contributed by atoms with E-state index >= 15 is 0 Å². The number of carbonyl (C=O) groups excluding carboxylic acids is 2. The lowest BCUT2D eigenvalue weighted by Crippen LogP contribution is -2.38. The van der Waals surface area contributed by atoms with Crippen LogP contribution < -0.4 is 16.0 Å². The summed E-state index contributed by atoms with van der Waals surface area (Å²) in [6.45, 7) is 2.59. The normalized spacial score (nSPS) is 11.7. The van der Waals surface area contributed by atoms with Crippen molar-refractivity contribution in [2.45, 2.75) is 38.5 Å². The Morgan fingerprint density at radius 1 is 0.600 bits per heavy atom. The van der Waals surface area contributed by atoms with Crippen LogP contribution in [0.15, 0.2) is 134 Å². The zero-order valence-corrected chi connectivity index (χ0v) is 25.3. The van der Waals surface area contributed by atoms with E-state index in [1.165, 1.54) is 0 Å². The third-order valence-corrected chi connectivity index (χ3v) is 7.66. The second-order valence-electron chi connectivity index (χ2n) is 10.9. The molecular formula is C38H39N5O2. The van der Waals surface area contributed by atoms with E-state index < -0.39 is 5.92 Å². The minimum atomic E-state index is -0.829. The van der Waals surface area contributed by atoms with E-state index in [0.717, 1.165) is 28.1 Å². The number of pyridine rings is 2. The minimum Gasteiger partial charge on any atom is -0.345 e. The highest BCUT2D eigenvalue weighted by atomic mass is 16.2. The molecule has 2 aromatic heterocycles. The molecule has 1 atom stereocenters. The Labute approximate surface area is 265 Å². The van der Waals surface area contributed by atoms with E-state index in [4.69, 9.17) is 0 Å². The molecule has 3 aromatic carbocycles. The van der Waals surface area contributed by atoms with E-state index in [1.54, 1.807) is 12.4 Å². The van der Waals surface area contributed by atoms with Gasteiger partial charge in [0.2, 0.25) is 5.91 Å². The smallest absolute Gasteiger partial charge is 0.231 e. The molecule has 0 saturated carbocycles. The predicted molar refractivity (Wildman–Crippen MR) is 177 cm³/mol. The van der Waals surface area contributed by atoms with Crippen molar-refractivity contribution >= 4 is 11.7 Å². The van der Waals surface area contributed by atoms with Gasteiger partial charge in [0.1, 0.15) is 5.92 Å². The summed E-state index contributed by atoms with van der Waals surface area (Å²) in [5.41, 5.74) is 5.42. The van der Waals surface area contributed by atoms with Gasteiger partial charge in [0.25, 0.3) is 0 Å². The van der Waals surface area contributed by atoms with E-state index in [1.807, 2.05) is 121 Å². The fourth-order valence-electron chi connectivity index (χ4n) is 5.25. The van der Waals surface area contributed by atoms with Crippen molar-refractivity contribution in [2.24, 2.45) is 5.92 Å². The monoisotopic (exact) mass is 597 g/mol. The summed E-state index contributed by atoms with van der Waals surface area (Å²) in [6.07, 6.45) is 4.63. The molecule has 7 heteroatoms. The molecule has 0 unspecified atom stereocenters. The highest BCUT2D eigenvalue weighted by Gasteiger charge is 2.29. The Kier molecular flexibility index (Phi) is 11.7. The number of Topliss-reactive ketones (excluding diaryl/α,β-unsaturated/α-hetero) is 1. The van der Waals surface area contributed by atoms with Gasteiger partial charge < -0.3 is 16.0 Å². The first-order valence-corrected chi connectivity index (χ1v) is 15.4. The molecule has 5 aromatic rings. The maximum Gasteiger partial charge on any atom is 0.231 e. The number of carbonyl (C=O) groups is 2. The SMILES string of the molecule is O=C(NC(c1ccccc1)c1ccccc1)[C@@H](CCCNCc1ccccn1)C(=O)c1ccc(CNCc2ccccn2)cc1. The van der Waals surface area contributed by atoms with Gasteiger partial charge in [-0.1, -0.05) is 97.1 Å². The molecule has 7 nitrogen and oxygen atoms in total. The van der Waals surface area contributed by atoms with E-state index in [9.17, 15) is 9.59 Å². The van der Waals surface area contributed by atoms with Gasteiger partial charge in [0, 0.05) is 37.6 Å². The molecule has 0 aliphatic heterocycles. The molecule has 3 N–H and O–H groups in total. The minimum absolute atomic E-state index is 0.176. The summed E-state index contributed by atoms with van der Waals surface area (Å²) in [4.78, 5) is 36.6.